The molecular formula is C18H26O5Si. The van der Waals surface area contributed by atoms with Crippen molar-refractivity contribution < 1.29 is 23.8 Å². The first kappa shape index (κ1) is 18.7. The second-order valence-corrected chi connectivity index (χ2v) is 11.6. The van der Waals surface area contributed by atoms with Crippen molar-refractivity contribution in [1.82, 2.24) is 0 Å². The molecule has 1 aromatic carbocycles. The minimum atomic E-state index is -2.31. The molecule has 3 atom stereocenters. The van der Waals surface area contributed by atoms with E-state index in [9.17, 15) is 9.59 Å². The van der Waals surface area contributed by atoms with Gasteiger partial charge in [-0.3, -0.25) is 9.59 Å². The van der Waals surface area contributed by atoms with Gasteiger partial charge in [-0.1, -0.05) is 48.6 Å². The summed E-state index contributed by atoms with van der Waals surface area (Å²) in [6.45, 7) is 9.17. The number of hydrogen-bond acceptors (Lipinski definition) is 5. The van der Waals surface area contributed by atoms with E-state index in [4.69, 9.17) is 14.2 Å². The van der Waals surface area contributed by atoms with Crippen molar-refractivity contribution in [2.75, 3.05) is 6.61 Å². The molecule has 0 bridgehead atoms. The van der Waals surface area contributed by atoms with E-state index in [0.29, 0.717) is 6.42 Å². The maximum Gasteiger partial charge on any atom is 0.302 e. The number of esters is 2. The molecule has 0 radical (unpaired) electrons. The van der Waals surface area contributed by atoms with Gasteiger partial charge in [0.05, 0.1) is 6.10 Å². The van der Waals surface area contributed by atoms with Gasteiger partial charge < -0.3 is 14.2 Å². The molecule has 0 aromatic heterocycles. The predicted molar refractivity (Wildman–Crippen MR) is 93.6 cm³/mol. The second kappa shape index (κ2) is 7.07. The quantitative estimate of drug-likeness (QED) is 0.602. The highest BCUT2D eigenvalue weighted by molar-refractivity contribution is 6.92. The van der Waals surface area contributed by atoms with Crippen LogP contribution in [0.4, 0.5) is 0 Å². The number of hydrogen-bond donors (Lipinski definition) is 0. The number of rotatable bonds is 5. The Kier molecular flexibility index (Phi) is 5.50. The van der Waals surface area contributed by atoms with Crippen LogP contribution in [0.25, 0.3) is 0 Å². The van der Waals surface area contributed by atoms with Gasteiger partial charge in [-0.15, -0.1) is 0 Å². The Hall–Kier alpha value is -1.66. The van der Waals surface area contributed by atoms with Crippen LogP contribution in [-0.2, 0) is 23.8 Å². The van der Waals surface area contributed by atoms with E-state index in [1.807, 2.05) is 25.1 Å². The molecule has 2 rings (SSSR count). The lowest BCUT2D eigenvalue weighted by atomic mass is 10.1. The zero-order valence-corrected chi connectivity index (χ0v) is 16.0. The van der Waals surface area contributed by atoms with Crippen LogP contribution >= 0.6 is 0 Å². The van der Waals surface area contributed by atoms with Crippen molar-refractivity contribution in [3.63, 3.8) is 0 Å². The predicted octanol–water partition coefficient (Wildman–Crippen LogP) is 2.18. The Balaban J connectivity index is 2.49. The fraction of sp³-hybridized carbons (Fsp3) is 0.556. The molecule has 0 spiro atoms. The molecular weight excluding hydrogens is 324 g/mol. The molecule has 24 heavy (non-hydrogen) atoms. The van der Waals surface area contributed by atoms with Crippen LogP contribution in [0.2, 0.25) is 13.1 Å². The lowest BCUT2D eigenvalue weighted by Crippen LogP contribution is -2.69. The van der Waals surface area contributed by atoms with Gasteiger partial charge in [0.1, 0.15) is 26.0 Å². The first-order valence-electron chi connectivity index (χ1n) is 8.23. The highest BCUT2D eigenvalue weighted by Gasteiger charge is 2.61. The first-order chi connectivity index (χ1) is 11.2. The Morgan fingerprint density at radius 3 is 2.38 bits per heavy atom. The zero-order valence-electron chi connectivity index (χ0n) is 15.0. The normalized spacial score (nSPS) is 26.9. The maximum atomic E-state index is 11.6. The molecule has 1 aliphatic heterocycles. The number of ether oxygens (including phenoxy) is 3. The Morgan fingerprint density at radius 1 is 1.21 bits per heavy atom. The third-order valence-corrected chi connectivity index (χ3v) is 9.31. The van der Waals surface area contributed by atoms with Gasteiger partial charge in [-0.05, 0) is 6.92 Å². The molecule has 5 nitrogen and oxygen atoms in total. The molecule has 1 saturated heterocycles. The molecule has 6 heteroatoms. The summed E-state index contributed by atoms with van der Waals surface area (Å²) in [4.78, 5) is 23.1. The van der Waals surface area contributed by atoms with Crippen LogP contribution in [0.1, 0.15) is 27.2 Å². The van der Waals surface area contributed by atoms with Gasteiger partial charge in [0, 0.05) is 20.3 Å². The fourth-order valence-electron chi connectivity index (χ4n) is 3.48. The fourth-order valence-corrected chi connectivity index (χ4v) is 6.91. The van der Waals surface area contributed by atoms with E-state index in [1.165, 1.54) is 19.0 Å². The van der Waals surface area contributed by atoms with E-state index < -0.39 is 19.4 Å². The van der Waals surface area contributed by atoms with Crippen molar-refractivity contribution in [1.29, 1.82) is 0 Å². The number of benzene rings is 1. The molecule has 1 aliphatic rings. The van der Waals surface area contributed by atoms with Crippen molar-refractivity contribution in [2.24, 2.45) is 0 Å². The third kappa shape index (κ3) is 3.54. The number of carbonyl (C=O) groups is 2. The molecule has 1 aromatic rings. The molecule has 1 unspecified atom stereocenters. The van der Waals surface area contributed by atoms with E-state index in [-0.39, 0.29) is 24.6 Å². The van der Waals surface area contributed by atoms with E-state index >= 15 is 0 Å². The molecule has 0 N–H and O–H groups in total. The minimum Gasteiger partial charge on any atom is -0.463 e. The van der Waals surface area contributed by atoms with Gasteiger partial charge in [-0.25, -0.2) is 0 Å². The van der Waals surface area contributed by atoms with Crippen LogP contribution in [0.5, 0.6) is 0 Å². The topological polar surface area (TPSA) is 61.8 Å². The Morgan fingerprint density at radius 2 is 1.83 bits per heavy atom. The standard InChI is InChI=1S/C18H26O5Si/c1-13-11-17(22-15(3)20)18(23-13,12-21-14(2)19)24(4,5)16-9-7-6-8-10-16/h6-10,13,17H,11-12H2,1-5H3/t13-,17-,18?/m1/s1. The lowest BCUT2D eigenvalue weighted by molar-refractivity contribution is -0.160. The van der Waals surface area contributed by atoms with Crippen molar-refractivity contribution in [3.05, 3.63) is 30.3 Å². The van der Waals surface area contributed by atoms with Gasteiger partial charge in [0.25, 0.3) is 0 Å². The highest BCUT2D eigenvalue weighted by Crippen LogP contribution is 2.40. The largest absolute Gasteiger partial charge is 0.463 e. The smallest absolute Gasteiger partial charge is 0.302 e. The molecule has 1 fully saturated rings. The SMILES string of the molecule is CC(=O)OCC1([Si](C)(C)c2ccccc2)O[C@H](C)C[C@H]1OC(C)=O. The van der Waals surface area contributed by atoms with Crippen LogP contribution in [0, 0.1) is 0 Å². The van der Waals surface area contributed by atoms with Crippen LogP contribution < -0.4 is 5.19 Å². The molecule has 0 amide bonds. The molecule has 0 aliphatic carbocycles. The van der Waals surface area contributed by atoms with Gasteiger partial charge in [-0.2, -0.15) is 0 Å². The first-order valence-corrected chi connectivity index (χ1v) is 11.2. The lowest BCUT2D eigenvalue weighted by Gasteiger charge is -2.44. The van der Waals surface area contributed by atoms with E-state index in [2.05, 4.69) is 25.2 Å². The second-order valence-electron chi connectivity index (χ2n) is 6.92. The van der Waals surface area contributed by atoms with Crippen molar-refractivity contribution in [3.8, 4) is 0 Å². The zero-order chi connectivity index (χ0) is 18.0. The average Bonchev–Trinajstić information content (AvgIpc) is 2.82. The maximum absolute atomic E-state index is 11.6. The van der Waals surface area contributed by atoms with Crippen molar-refractivity contribution in [2.45, 2.75) is 57.7 Å². The van der Waals surface area contributed by atoms with E-state index in [1.54, 1.807) is 0 Å². The third-order valence-electron chi connectivity index (χ3n) is 4.83. The Labute approximate surface area is 144 Å². The van der Waals surface area contributed by atoms with Crippen LogP contribution in [0.3, 0.4) is 0 Å². The summed E-state index contributed by atoms with van der Waals surface area (Å²) in [7, 11) is -2.31. The highest BCUT2D eigenvalue weighted by atomic mass is 28.3. The molecule has 1 heterocycles. The molecule has 0 saturated carbocycles. The summed E-state index contributed by atoms with van der Waals surface area (Å²) in [6, 6.07) is 10.1. The number of carbonyl (C=O) groups excluding carboxylic acids is 2. The van der Waals surface area contributed by atoms with E-state index in [0.717, 1.165) is 0 Å². The molecule has 132 valence electrons. The van der Waals surface area contributed by atoms with Crippen molar-refractivity contribution >= 4 is 25.2 Å². The Bertz CT molecular complexity index is 601. The van der Waals surface area contributed by atoms with Gasteiger partial charge >= 0.3 is 11.9 Å². The van der Waals surface area contributed by atoms with Gasteiger partial charge in [0.15, 0.2) is 0 Å². The average molecular weight is 350 g/mol. The van der Waals surface area contributed by atoms with Crippen LogP contribution in [0.15, 0.2) is 30.3 Å². The monoisotopic (exact) mass is 350 g/mol. The summed E-state index contributed by atoms with van der Waals surface area (Å²) in [5, 5.41) is 0.369. The van der Waals surface area contributed by atoms with Gasteiger partial charge in [0.2, 0.25) is 0 Å². The summed E-state index contributed by atoms with van der Waals surface area (Å²) in [5.41, 5.74) is 0. The summed E-state index contributed by atoms with van der Waals surface area (Å²) < 4.78 is 17.3. The summed E-state index contributed by atoms with van der Waals surface area (Å²) in [6.07, 6.45) is 0.107. The minimum absolute atomic E-state index is 0.0691. The summed E-state index contributed by atoms with van der Waals surface area (Å²) in [5.74, 6) is -0.709. The summed E-state index contributed by atoms with van der Waals surface area (Å²) >= 11 is 0. The van der Waals surface area contributed by atoms with Crippen LogP contribution in [-0.4, -0.2) is 44.1 Å².